The molecule has 1 aliphatic rings. The molecular weight excluding hydrogens is 316 g/mol. The fourth-order valence-corrected chi connectivity index (χ4v) is 3.52. The summed E-state index contributed by atoms with van der Waals surface area (Å²) in [6.07, 6.45) is 7.34. The van der Waals surface area contributed by atoms with Gasteiger partial charge in [-0.05, 0) is 38.3 Å². The normalized spacial score (nSPS) is 15.8. The number of hydrogen-bond acceptors (Lipinski definition) is 4. The topological polar surface area (TPSA) is 68.3 Å². The van der Waals surface area contributed by atoms with E-state index in [1.807, 2.05) is 28.6 Å². The van der Waals surface area contributed by atoms with Crippen LogP contribution in [-0.2, 0) is 11.3 Å². The molecule has 0 saturated carbocycles. The molecule has 7 heteroatoms. The third-order valence-corrected chi connectivity index (χ3v) is 4.88. The highest BCUT2D eigenvalue weighted by Gasteiger charge is 2.25. The lowest BCUT2D eigenvalue weighted by molar-refractivity contribution is -0.133. The fourth-order valence-electron chi connectivity index (χ4n) is 3.52. The van der Waals surface area contributed by atoms with Gasteiger partial charge in [0, 0.05) is 42.7 Å². The van der Waals surface area contributed by atoms with Crippen LogP contribution in [-0.4, -0.2) is 48.3 Å². The molecule has 130 valence electrons. The van der Waals surface area contributed by atoms with Gasteiger partial charge in [-0.25, -0.2) is 9.50 Å². The fraction of sp³-hybridized carbons (Fsp3) is 0.444. The Balaban J connectivity index is 1.41. The summed E-state index contributed by atoms with van der Waals surface area (Å²) in [5, 5.41) is 8.47. The molecule has 1 saturated heterocycles. The third kappa shape index (κ3) is 3.14. The van der Waals surface area contributed by atoms with E-state index in [2.05, 4.69) is 23.2 Å². The monoisotopic (exact) mass is 338 g/mol. The molecule has 0 aliphatic carbocycles. The van der Waals surface area contributed by atoms with Crippen molar-refractivity contribution >= 4 is 11.6 Å². The summed E-state index contributed by atoms with van der Waals surface area (Å²) in [6, 6.07) is 4.05. The maximum absolute atomic E-state index is 12.5. The summed E-state index contributed by atoms with van der Waals surface area (Å²) >= 11 is 0. The minimum absolute atomic E-state index is 0.136. The van der Waals surface area contributed by atoms with Crippen LogP contribution in [0.15, 0.2) is 30.7 Å². The molecule has 0 unspecified atom stereocenters. The smallest absolute Gasteiger partial charge is 0.244 e. The van der Waals surface area contributed by atoms with E-state index in [0.717, 1.165) is 48.5 Å². The van der Waals surface area contributed by atoms with Gasteiger partial charge in [0.15, 0.2) is 5.65 Å². The van der Waals surface area contributed by atoms with Crippen LogP contribution in [0.25, 0.3) is 5.65 Å². The first-order valence-electron chi connectivity index (χ1n) is 8.68. The van der Waals surface area contributed by atoms with Crippen LogP contribution in [0.4, 0.5) is 0 Å². The van der Waals surface area contributed by atoms with Gasteiger partial charge in [0.2, 0.25) is 5.91 Å². The standard InChI is InChI=1S/C18H22N6O/c1-13-10-20-23(11-13)12-18(25)22-7-4-15(5-8-22)16-9-14(2)24-17(21-16)3-6-19-24/h3,6,9-11,15H,4-5,7-8,12H2,1-2H3. The number of aromatic nitrogens is 5. The highest BCUT2D eigenvalue weighted by Crippen LogP contribution is 2.27. The highest BCUT2D eigenvalue weighted by molar-refractivity contribution is 5.76. The van der Waals surface area contributed by atoms with Crippen molar-refractivity contribution in [1.29, 1.82) is 0 Å². The van der Waals surface area contributed by atoms with Crippen molar-refractivity contribution in [3.05, 3.63) is 47.7 Å². The molecule has 4 heterocycles. The van der Waals surface area contributed by atoms with Crippen molar-refractivity contribution in [3.8, 4) is 0 Å². The van der Waals surface area contributed by atoms with E-state index in [4.69, 9.17) is 4.98 Å². The molecule has 0 bridgehead atoms. The second-order valence-electron chi connectivity index (χ2n) is 6.79. The average Bonchev–Trinajstić information content (AvgIpc) is 3.24. The predicted molar refractivity (Wildman–Crippen MR) is 93.2 cm³/mol. The van der Waals surface area contributed by atoms with Gasteiger partial charge < -0.3 is 4.90 Å². The molecule has 1 amide bonds. The van der Waals surface area contributed by atoms with Gasteiger partial charge in [-0.1, -0.05) is 0 Å². The van der Waals surface area contributed by atoms with Crippen LogP contribution < -0.4 is 0 Å². The Hall–Kier alpha value is -2.70. The molecule has 25 heavy (non-hydrogen) atoms. The number of rotatable bonds is 3. The second kappa shape index (κ2) is 6.31. The number of hydrogen-bond donors (Lipinski definition) is 0. The van der Waals surface area contributed by atoms with E-state index in [0.29, 0.717) is 12.5 Å². The number of nitrogens with zero attached hydrogens (tertiary/aromatic N) is 6. The largest absolute Gasteiger partial charge is 0.341 e. The van der Waals surface area contributed by atoms with Crippen molar-refractivity contribution in [1.82, 2.24) is 29.3 Å². The Morgan fingerprint density at radius 3 is 2.76 bits per heavy atom. The molecule has 1 fully saturated rings. The Morgan fingerprint density at radius 1 is 1.24 bits per heavy atom. The number of likely N-dealkylation sites (tertiary alicyclic amines) is 1. The molecule has 3 aromatic heterocycles. The van der Waals surface area contributed by atoms with E-state index in [-0.39, 0.29) is 5.91 Å². The van der Waals surface area contributed by atoms with Gasteiger partial charge in [0.25, 0.3) is 0 Å². The van der Waals surface area contributed by atoms with E-state index in [9.17, 15) is 4.79 Å². The number of amides is 1. The molecule has 0 radical (unpaired) electrons. The molecule has 0 aromatic carbocycles. The molecule has 0 N–H and O–H groups in total. The SMILES string of the molecule is Cc1cnn(CC(=O)N2CCC(c3cc(C)n4nccc4n3)CC2)c1. The van der Waals surface area contributed by atoms with E-state index >= 15 is 0 Å². The molecule has 0 atom stereocenters. The quantitative estimate of drug-likeness (QED) is 0.732. The first kappa shape index (κ1) is 15.8. The van der Waals surface area contributed by atoms with Crippen LogP contribution in [0.3, 0.4) is 0 Å². The summed E-state index contributed by atoms with van der Waals surface area (Å²) in [6.45, 7) is 5.89. The van der Waals surface area contributed by atoms with E-state index < -0.39 is 0 Å². The summed E-state index contributed by atoms with van der Waals surface area (Å²) in [7, 11) is 0. The van der Waals surface area contributed by atoms with Crippen LogP contribution in [0.1, 0.15) is 35.7 Å². The lowest BCUT2D eigenvalue weighted by atomic mass is 9.93. The highest BCUT2D eigenvalue weighted by atomic mass is 16.2. The Kier molecular flexibility index (Phi) is 3.99. The van der Waals surface area contributed by atoms with Crippen LogP contribution in [0, 0.1) is 13.8 Å². The van der Waals surface area contributed by atoms with Gasteiger partial charge in [-0.3, -0.25) is 9.48 Å². The molecular formula is C18H22N6O. The van der Waals surface area contributed by atoms with Gasteiger partial charge in [0.05, 0.1) is 12.4 Å². The second-order valence-corrected chi connectivity index (χ2v) is 6.79. The zero-order valence-electron chi connectivity index (χ0n) is 14.6. The molecule has 0 spiro atoms. The van der Waals surface area contributed by atoms with Crippen LogP contribution in [0.2, 0.25) is 0 Å². The van der Waals surface area contributed by atoms with Crippen molar-refractivity contribution < 1.29 is 4.79 Å². The number of aryl methyl sites for hydroxylation is 2. The van der Waals surface area contributed by atoms with Gasteiger partial charge >= 0.3 is 0 Å². The van der Waals surface area contributed by atoms with Gasteiger partial charge in [-0.15, -0.1) is 0 Å². The van der Waals surface area contributed by atoms with Gasteiger partial charge in [0.1, 0.15) is 6.54 Å². The first-order chi connectivity index (χ1) is 12.1. The number of carbonyl (C=O) groups is 1. The number of fused-ring (bicyclic) bond motifs is 1. The summed E-state index contributed by atoms with van der Waals surface area (Å²) in [5.41, 5.74) is 4.17. The van der Waals surface area contributed by atoms with E-state index in [1.54, 1.807) is 17.1 Å². The van der Waals surface area contributed by atoms with Crippen molar-refractivity contribution in [2.45, 2.75) is 39.2 Å². The van der Waals surface area contributed by atoms with Crippen molar-refractivity contribution in [2.75, 3.05) is 13.1 Å². The lowest BCUT2D eigenvalue weighted by Crippen LogP contribution is -2.40. The van der Waals surface area contributed by atoms with Crippen LogP contribution in [0.5, 0.6) is 0 Å². The third-order valence-electron chi connectivity index (χ3n) is 4.88. The predicted octanol–water partition coefficient (Wildman–Crippen LogP) is 1.95. The number of piperidine rings is 1. The lowest BCUT2D eigenvalue weighted by Gasteiger charge is -2.32. The molecule has 4 rings (SSSR count). The minimum atomic E-state index is 0.136. The Labute approximate surface area is 146 Å². The summed E-state index contributed by atoms with van der Waals surface area (Å²) < 4.78 is 3.57. The first-order valence-corrected chi connectivity index (χ1v) is 8.68. The summed E-state index contributed by atoms with van der Waals surface area (Å²) in [5.74, 6) is 0.534. The van der Waals surface area contributed by atoms with Crippen molar-refractivity contribution in [2.24, 2.45) is 0 Å². The molecule has 7 nitrogen and oxygen atoms in total. The summed E-state index contributed by atoms with van der Waals surface area (Å²) in [4.78, 5) is 19.1. The van der Waals surface area contributed by atoms with Crippen LogP contribution >= 0.6 is 0 Å². The average molecular weight is 338 g/mol. The zero-order valence-corrected chi connectivity index (χ0v) is 14.6. The molecule has 1 aliphatic heterocycles. The van der Waals surface area contributed by atoms with E-state index in [1.165, 1.54) is 0 Å². The zero-order chi connectivity index (χ0) is 17.4. The Bertz CT molecular complexity index is 903. The Morgan fingerprint density at radius 2 is 2.04 bits per heavy atom. The minimum Gasteiger partial charge on any atom is -0.341 e. The maximum Gasteiger partial charge on any atom is 0.244 e. The van der Waals surface area contributed by atoms with Crippen molar-refractivity contribution in [3.63, 3.8) is 0 Å². The number of carbonyl (C=O) groups excluding carboxylic acids is 1. The van der Waals surface area contributed by atoms with Gasteiger partial charge in [-0.2, -0.15) is 10.2 Å². The maximum atomic E-state index is 12.5. The molecule has 3 aromatic rings.